The molecule has 17 heavy (non-hydrogen) atoms. The summed E-state index contributed by atoms with van der Waals surface area (Å²) in [6.45, 7) is 0.635. The van der Waals surface area contributed by atoms with E-state index in [0.29, 0.717) is 6.61 Å². The van der Waals surface area contributed by atoms with Gasteiger partial charge in [-0.25, -0.2) is 0 Å². The fraction of sp³-hybridized carbons (Fsp3) is 0.500. The van der Waals surface area contributed by atoms with Crippen molar-refractivity contribution >= 4 is 0 Å². The van der Waals surface area contributed by atoms with Crippen molar-refractivity contribution in [2.24, 2.45) is 5.73 Å². The number of alkyl halides is 3. The molecule has 1 aliphatic heterocycles. The van der Waals surface area contributed by atoms with Gasteiger partial charge >= 0.3 is 6.18 Å². The quantitative estimate of drug-likeness (QED) is 0.888. The number of rotatable bonds is 3. The molecular formula is C12H14F3NO. The Labute approximate surface area is 97.6 Å². The first kappa shape index (κ1) is 12.2. The van der Waals surface area contributed by atoms with Gasteiger partial charge in [0.25, 0.3) is 0 Å². The van der Waals surface area contributed by atoms with Crippen molar-refractivity contribution in [2.75, 3.05) is 6.61 Å². The standard InChI is InChI=1S/C12H14F3NO/c13-12(14,15)5-3-10(16)8-1-2-11-9(7-8)4-6-17-11/h1-2,7,10H,3-6,16H2/t10-/m0/s1. The van der Waals surface area contributed by atoms with Crippen molar-refractivity contribution in [2.45, 2.75) is 31.5 Å². The molecule has 0 aromatic heterocycles. The minimum atomic E-state index is -4.14. The molecule has 0 unspecified atom stereocenters. The Morgan fingerprint density at radius 1 is 1.35 bits per heavy atom. The maximum atomic E-state index is 12.1. The summed E-state index contributed by atoms with van der Waals surface area (Å²) in [6, 6.07) is 4.81. The molecule has 1 aromatic carbocycles. The highest BCUT2D eigenvalue weighted by Crippen LogP contribution is 2.30. The Balaban J connectivity index is 2.02. The van der Waals surface area contributed by atoms with Crippen molar-refractivity contribution in [1.29, 1.82) is 0 Å². The van der Waals surface area contributed by atoms with E-state index in [2.05, 4.69) is 0 Å². The Kier molecular flexibility index (Phi) is 3.28. The van der Waals surface area contributed by atoms with E-state index in [0.717, 1.165) is 23.3 Å². The van der Waals surface area contributed by atoms with Crippen LogP contribution in [0.5, 0.6) is 5.75 Å². The second-order valence-electron chi connectivity index (χ2n) is 4.23. The van der Waals surface area contributed by atoms with Gasteiger partial charge in [0.1, 0.15) is 5.75 Å². The first-order chi connectivity index (χ1) is 7.96. The minimum absolute atomic E-state index is 0.0802. The predicted octanol–water partition coefficient (Wildman–Crippen LogP) is 2.96. The molecule has 0 radical (unpaired) electrons. The third-order valence-corrected chi connectivity index (χ3v) is 2.88. The van der Waals surface area contributed by atoms with Gasteiger partial charge < -0.3 is 10.5 Å². The molecule has 0 aliphatic carbocycles. The van der Waals surface area contributed by atoms with Crippen molar-refractivity contribution in [3.63, 3.8) is 0 Å². The van der Waals surface area contributed by atoms with Gasteiger partial charge in [-0.15, -0.1) is 0 Å². The smallest absolute Gasteiger partial charge is 0.389 e. The number of nitrogens with two attached hydrogens (primary N) is 1. The van der Waals surface area contributed by atoms with Crippen LogP contribution in [0.25, 0.3) is 0 Å². The second kappa shape index (κ2) is 4.56. The molecule has 1 atom stereocenters. The lowest BCUT2D eigenvalue weighted by Crippen LogP contribution is -2.15. The highest BCUT2D eigenvalue weighted by molar-refractivity contribution is 5.40. The van der Waals surface area contributed by atoms with Gasteiger partial charge in [-0.3, -0.25) is 0 Å². The highest BCUT2D eigenvalue weighted by atomic mass is 19.4. The van der Waals surface area contributed by atoms with Gasteiger partial charge in [0.15, 0.2) is 0 Å². The van der Waals surface area contributed by atoms with E-state index in [1.54, 1.807) is 12.1 Å². The monoisotopic (exact) mass is 245 g/mol. The van der Waals surface area contributed by atoms with Crippen molar-refractivity contribution in [1.82, 2.24) is 0 Å². The summed E-state index contributed by atoms with van der Waals surface area (Å²) in [6.07, 6.45) is -4.27. The minimum Gasteiger partial charge on any atom is -0.493 e. The molecule has 1 aromatic rings. The maximum absolute atomic E-state index is 12.1. The fourth-order valence-corrected chi connectivity index (χ4v) is 1.92. The Hall–Kier alpha value is -1.23. The SMILES string of the molecule is N[C@@H](CCC(F)(F)F)c1ccc2c(c1)CCO2. The van der Waals surface area contributed by atoms with E-state index in [1.807, 2.05) is 6.07 Å². The molecule has 1 aliphatic rings. The number of benzene rings is 1. The normalized spacial score (nSPS) is 16.5. The molecule has 5 heteroatoms. The lowest BCUT2D eigenvalue weighted by molar-refractivity contribution is -0.136. The zero-order valence-electron chi connectivity index (χ0n) is 9.26. The second-order valence-corrected chi connectivity index (χ2v) is 4.23. The lowest BCUT2D eigenvalue weighted by atomic mass is 9.99. The van der Waals surface area contributed by atoms with Gasteiger partial charge in [0.2, 0.25) is 0 Å². The van der Waals surface area contributed by atoms with E-state index < -0.39 is 18.6 Å². The zero-order chi connectivity index (χ0) is 12.5. The highest BCUT2D eigenvalue weighted by Gasteiger charge is 2.28. The number of halogens is 3. The van der Waals surface area contributed by atoms with Crippen LogP contribution in [0.2, 0.25) is 0 Å². The Bertz CT molecular complexity index is 403. The molecular weight excluding hydrogens is 231 g/mol. The van der Waals surface area contributed by atoms with Gasteiger partial charge in [-0.05, 0) is 23.6 Å². The summed E-state index contributed by atoms with van der Waals surface area (Å²) >= 11 is 0. The van der Waals surface area contributed by atoms with Crippen LogP contribution in [-0.4, -0.2) is 12.8 Å². The van der Waals surface area contributed by atoms with E-state index in [-0.39, 0.29) is 6.42 Å². The molecule has 0 saturated heterocycles. The molecule has 1 heterocycles. The van der Waals surface area contributed by atoms with Crippen LogP contribution < -0.4 is 10.5 Å². The molecule has 0 spiro atoms. The van der Waals surface area contributed by atoms with Crippen LogP contribution in [-0.2, 0) is 6.42 Å². The van der Waals surface area contributed by atoms with E-state index in [1.165, 1.54) is 0 Å². The molecule has 94 valence electrons. The summed E-state index contributed by atoms with van der Waals surface area (Å²) in [4.78, 5) is 0. The average Bonchev–Trinajstić information content (AvgIpc) is 2.71. The van der Waals surface area contributed by atoms with Gasteiger partial charge in [-0.2, -0.15) is 13.2 Å². The predicted molar refractivity (Wildman–Crippen MR) is 57.9 cm³/mol. The molecule has 0 amide bonds. The topological polar surface area (TPSA) is 35.2 Å². The summed E-state index contributed by atoms with van der Waals surface area (Å²) < 4.78 is 41.6. The molecule has 2 rings (SSSR count). The van der Waals surface area contributed by atoms with Gasteiger partial charge in [0.05, 0.1) is 6.61 Å². The van der Waals surface area contributed by atoms with Crippen molar-refractivity contribution < 1.29 is 17.9 Å². The van der Waals surface area contributed by atoms with Crippen LogP contribution in [0.4, 0.5) is 13.2 Å². The van der Waals surface area contributed by atoms with Gasteiger partial charge in [-0.1, -0.05) is 12.1 Å². The zero-order valence-corrected chi connectivity index (χ0v) is 9.26. The first-order valence-electron chi connectivity index (χ1n) is 5.54. The van der Waals surface area contributed by atoms with E-state index in [9.17, 15) is 13.2 Å². The summed E-state index contributed by atoms with van der Waals surface area (Å²) in [7, 11) is 0. The van der Waals surface area contributed by atoms with E-state index in [4.69, 9.17) is 10.5 Å². The maximum Gasteiger partial charge on any atom is 0.389 e. The molecule has 2 nitrogen and oxygen atoms in total. The van der Waals surface area contributed by atoms with Crippen molar-refractivity contribution in [3.8, 4) is 5.75 Å². The molecule has 2 N–H and O–H groups in total. The van der Waals surface area contributed by atoms with Crippen LogP contribution in [0.15, 0.2) is 18.2 Å². The van der Waals surface area contributed by atoms with Crippen molar-refractivity contribution in [3.05, 3.63) is 29.3 Å². The summed E-state index contributed by atoms with van der Waals surface area (Å²) in [5.41, 5.74) is 7.54. The molecule has 0 saturated carbocycles. The number of hydrogen-bond donors (Lipinski definition) is 1. The van der Waals surface area contributed by atoms with Gasteiger partial charge in [0, 0.05) is 18.9 Å². The molecule has 0 bridgehead atoms. The Morgan fingerprint density at radius 3 is 2.82 bits per heavy atom. The summed E-state index contributed by atoms with van der Waals surface area (Å²) in [5.74, 6) is 0.816. The number of ether oxygens (including phenoxy) is 1. The number of hydrogen-bond acceptors (Lipinski definition) is 2. The van der Waals surface area contributed by atoms with Crippen LogP contribution in [0, 0.1) is 0 Å². The summed E-state index contributed by atoms with van der Waals surface area (Å²) in [5, 5.41) is 0. The Morgan fingerprint density at radius 2 is 2.12 bits per heavy atom. The molecule has 0 fully saturated rings. The first-order valence-corrected chi connectivity index (χ1v) is 5.54. The van der Waals surface area contributed by atoms with Crippen LogP contribution in [0.3, 0.4) is 0 Å². The third-order valence-electron chi connectivity index (χ3n) is 2.88. The third kappa shape index (κ3) is 3.12. The average molecular weight is 245 g/mol. The van der Waals surface area contributed by atoms with Crippen LogP contribution in [0.1, 0.15) is 30.0 Å². The fourth-order valence-electron chi connectivity index (χ4n) is 1.92. The van der Waals surface area contributed by atoms with E-state index >= 15 is 0 Å². The lowest BCUT2D eigenvalue weighted by Gasteiger charge is -2.14. The van der Waals surface area contributed by atoms with Crippen LogP contribution >= 0.6 is 0 Å². The largest absolute Gasteiger partial charge is 0.493 e. The number of fused-ring (bicyclic) bond motifs is 1.